The summed E-state index contributed by atoms with van der Waals surface area (Å²) in [5, 5.41) is 8.78. The van der Waals surface area contributed by atoms with Crippen LogP contribution in [0.5, 0.6) is 0 Å². The lowest BCUT2D eigenvalue weighted by atomic mass is 9.82. The Hall–Kier alpha value is -9.64. The van der Waals surface area contributed by atoms with Crippen LogP contribution in [0.15, 0.2) is 239 Å². The SMILES string of the molecule is CC(C)c1ccc(N(c2ccc3c(c2)-c2ccccc2C3(C)C)c2ccc3cc4c(cc3c2)oc2c(-c3ccccc3)c3oc5cc6cc(N(c7ccc(C(C)C)cc7)c7ccc8c(c7)-c7ccccc7C8(C)C)ccc6cc5c3cc24)cc1. The first-order valence-corrected chi connectivity index (χ1v) is 29.8. The number of hydrogen-bond acceptors (Lipinski definition) is 4. The Morgan fingerprint density at radius 3 is 1.13 bits per heavy atom. The highest BCUT2D eigenvalue weighted by Crippen LogP contribution is 2.54. The molecule has 0 aliphatic heterocycles. The molecule has 0 fully saturated rings. The molecule has 12 aromatic carbocycles. The summed E-state index contributed by atoms with van der Waals surface area (Å²) in [6, 6.07) is 85.9. The molecule has 14 aromatic rings. The number of anilines is 6. The second kappa shape index (κ2) is 18.4. The third-order valence-electron chi connectivity index (χ3n) is 18.9. The van der Waals surface area contributed by atoms with Crippen LogP contribution in [0.4, 0.5) is 34.1 Å². The molecular weight excluding hydrogens is 1020 g/mol. The Bertz CT molecular complexity index is 4720. The van der Waals surface area contributed by atoms with Crippen molar-refractivity contribution in [2.75, 3.05) is 9.80 Å². The summed E-state index contributed by atoms with van der Waals surface area (Å²) in [4.78, 5) is 4.82. The fourth-order valence-electron chi connectivity index (χ4n) is 14.3. The van der Waals surface area contributed by atoms with Gasteiger partial charge in [-0.05, 0) is 198 Å². The predicted molar refractivity (Wildman–Crippen MR) is 354 cm³/mol. The van der Waals surface area contributed by atoms with Gasteiger partial charge in [0.25, 0.3) is 0 Å². The quantitative estimate of drug-likeness (QED) is 0.144. The topological polar surface area (TPSA) is 32.8 Å². The number of nitrogens with zero attached hydrogens (tertiary/aromatic N) is 2. The van der Waals surface area contributed by atoms with Gasteiger partial charge in [0, 0.05) is 66.5 Å². The zero-order valence-corrected chi connectivity index (χ0v) is 48.8. The third-order valence-corrected chi connectivity index (χ3v) is 18.9. The van der Waals surface area contributed by atoms with Gasteiger partial charge in [0.1, 0.15) is 22.3 Å². The van der Waals surface area contributed by atoms with Gasteiger partial charge >= 0.3 is 0 Å². The summed E-state index contributed by atoms with van der Waals surface area (Å²) >= 11 is 0. The standard InChI is InChI=1S/C80H64N2O2/c1-47(2)49-22-28-56(29-23-49)81(60-34-36-72-64(44-60)62-18-12-14-20-70(62)79(72,5)6)58-32-26-52-40-66-68-46-69-67-41-53-27-33-59(39-55(53)43-75(67)84-78(69)76(51-16-10-9-11-17-51)77(68)83-74(66)42-54(52)38-58)82(57-30-24-50(25-31-57)48(3)4)61-35-37-73-65(45-61)63-19-13-15-21-71(63)80(73,7)8/h9-48H,1-8H3. The molecule has 0 saturated carbocycles. The largest absolute Gasteiger partial charge is 0.455 e. The summed E-state index contributed by atoms with van der Waals surface area (Å²) in [5.74, 6) is 0.866. The lowest BCUT2D eigenvalue weighted by Crippen LogP contribution is -2.15. The lowest BCUT2D eigenvalue weighted by molar-refractivity contribution is 0.658. The maximum atomic E-state index is 7.16. The molecule has 2 aliphatic carbocycles. The molecule has 0 spiro atoms. The van der Waals surface area contributed by atoms with Crippen molar-refractivity contribution in [1.82, 2.24) is 0 Å². The average Bonchev–Trinajstić information content (AvgIpc) is 2.63. The summed E-state index contributed by atoms with van der Waals surface area (Å²) in [6.07, 6.45) is 0. The molecule has 0 amide bonds. The van der Waals surface area contributed by atoms with Crippen LogP contribution in [0.2, 0.25) is 0 Å². The van der Waals surface area contributed by atoms with Gasteiger partial charge in [-0.3, -0.25) is 0 Å². The zero-order valence-electron chi connectivity index (χ0n) is 48.8. The monoisotopic (exact) mass is 1080 g/mol. The van der Waals surface area contributed by atoms with Crippen LogP contribution in [0, 0.1) is 0 Å². The highest BCUT2D eigenvalue weighted by Gasteiger charge is 2.37. The minimum Gasteiger partial charge on any atom is -0.455 e. The van der Waals surface area contributed by atoms with Gasteiger partial charge in [0.15, 0.2) is 0 Å². The lowest BCUT2D eigenvalue weighted by Gasteiger charge is -2.27. The van der Waals surface area contributed by atoms with E-state index < -0.39 is 0 Å². The van der Waals surface area contributed by atoms with Crippen molar-refractivity contribution < 1.29 is 8.83 Å². The fraction of sp³-hybridized carbons (Fsp3) is 0.150. The van der Waals surface area contributed by atoms with Crippen molar-refractivity contribution in [2.24, 2.45) is 0 Å². The van der Waals surface area contributed by atoms with E-state index in [0.717, 1.165) is 111 Å². The smallest absolute Gasteiger partial charge is 0.147 e. The molecule has 4 nitrogen and oxygen atoms in total. The molecule has 0 unspecified atom stereocenters. The van der Waals surface area contributed by atoms with Crippen molar-refractivity contribution >= 4 is 99.5 Å². The van der Waals surface area contributed by atoms with E-state index in [1.165, 1.54) is 55.6 Å². The van der Waals surface area contributed by atoms with Crippen molar-refractivity contribution in [3.05, 3.63) is 264 Å². The van der Waals surface area contributed by atoms with Crippen LogP contribution >= 0.6 is 0 Å². The average molecular weight is 1090 g/mol. The number of benzene rings is 12. The fourth-order valence-corrected chi connectivity index (χ4v) is 14.3. The van der Waals surface area contributed by atoms with Crippen LogP contribution in [-0.4, -0.2) is 0 Å². The van der Waals surface area contributed by atoms with E-state index in [2.05, 4.69) is 296 Å². The molecule has 84 heavy (non-hydrogen) atoms. The van der Waals surface area contributed by atoms with Gasteiger partial charge in [0.2, 0.25) is 0 Å². The molecule has 2 aromatic heterocycles. The number of rotatable bonds is 9. The van der Waals surface area contributed by atoms with Crippen LogP contribution in [0.25, 0.3) is 98.8 Å². The first-order valence-electron chi connectivity index (χ1n) is 29.8. The molecule has 0 radical (unpaired) electrons. The Labute approximate surface area is 490 Å². The maximum absolute atomic E-state index is 7.16. The van der Waals surface area contributed by atoms with E-state index in [-0.39, 0.29) is 10.8 Å². The van der Waals surface area contributed by atoms with Crippen LogP contribution in [0.1, 0.15) is 101 Å². The Morgan fingerprint density at radius 2 is 0.690 bits per heavy atom. The third kappa shape index (κ3) is 7.59. The molecule has 0 saturated heterocycles. The van der Waals surface area contributed by atoms with Gasteiger partial charge in [-0.2, -0.15) is 0 Å². The van der Waals surface area contributed by atoms with Crippen molar-refractivity contribution in [3.63, 3.8) is 0 Å². The first-order chi connectivity index (χ1) is 40.8. The van der Waals surface area contributed by atoms with Gasteiger partial charge in [0.05, 0.1) is 5.56 Å². The minimum atomic E-state index is -0.0781. The van der Waals surface area contributed by atoms with Crippen LogP contribution in [0.3, 0.4) is 0 Å². The summed E-state index contributed by atoms with van der Waals surface area (Å²) in [6.45, 7) is 18.4. The van der Waals surface area contributed by atoms with Gasteiger partial charge in [-0.25, -0.2) is 0 Å². The van der Waals surface area contributed by atoms with Crippen LogP contribution in [-0.2, 0) is 10.8 Å². The number of furan rings is 2. The van der Waals surface area contributed by atoms with E-state index in [9.17, 15) is 0 Å². The minimum absolute atomic E-state index is 0.0781. The molecule has 2 heterocycles. The van der Waals surface area contributed by atoms with E-state index in [1.54, 1.807) is 0 Å². The molecule has 0 bridgehead atoms. The highest BCUT2D eigenvalue weighted by atomic mass is 16.3. The molecule has 16 rings (SSSR count). The van der Waals surface area contributed by atoms with Gasteiger partial charge in [-0.15, -0.1) is 0 Å². The Morgan fingerprint density at radius 1 is 0.310 bits per heavy atom. The van der Waals surface area contributed by atoms with Crippen molar-refractivity contribution in [2.45, 2.75) is 78.1 Å². The molecule has 2 aliphatic rings. The van der Waals surface area contributed by atoms with Crippen molar-refractivity contribution in [1.29, 1.82) is 0 Å². The van der Waals surface area contributed by atoms with Gasteiger partial charge < -0.3 is 18.6 Å². The molecular formula is C80H64N2O2. The highest BCUT2D eigenvalue weighted by molar-refractivity contribution is 6.24. The summed E-state index contributed by atoms with van der Waals surface area (Å²) < 4.78 is 14.3. The summed E-state index contributed by atoms with van der Waals surface area (Å²) in [7, 11) is 0. The van der Waals surface area contributed by atoms with Gasteiger partial charge in [-0.1, -0.05) is 183 Å². The van der Waals surface area contributed by atoms with Crippen molar-refractivity contribution in [3.8, 4) is 33.4 Å². The van der Waals surface area contributed by atoms with E-state index in [1.807, 2.05) is 0 Å². The number of fused-ring (bicyclic) bond motifs is 14. The maximum Gasteiger partial charge on any atom is 0.147 e. The second-order valence-corrected chi connectivity index (χ2v) is 25.3. The molecule has 0 atom stereocenters. The normalized spacial score (nSPS) is 13.9. The van der Waals surface area contributed by atoms with E-state index >= 15 is 0 Å². The van der Waals surface area contributed by atoms with E-state index in [4.69, 9.17) is 8.83 Å². The predicted octanol–water partition coefficient (Wildman–Crippen LogP) is 23.3. The number of hydrogen-bond donors (Lipinski definition) is 0. The molecule has 0 N–H and O–H groups in total. The molecule has 406 valence electrons. The molecule has 4 heteroatoms. The summed E-state index contributed by atoms with van der Waals surface area (Å²) in [5.41, 5.74) is 25.1. The zero-order chi connectivity index (χ0) is 56.9. The Balaban J connectivity index is 0.831. The van der Waals surface area contributed by atoms with E-state index in [0.29, 0.717) is 11.8 Å². The second-order valence-electron chi connectivity index (χ2n) is 25.3. The first kappa shape index (κ1) is 50.1. The Kier molecular flexibility index (Phi) is 11.0. The van der Waals surface area contributed by atoms with Crippen LogP contribution < -0.4 is 9.80 Å².